The maximum Gasteiger partial charge on any atom is 0.228 e. The van der Waals surface area contributed by atoms with Crippen molar-refractivity contribution in [3.63, 3.8) is 0 Å². The highest BCUT2D eigenvalue weighted by atomic mass is 32.2. The summed E-state index contributed by atoms with van der Waals surface area (Å²) >= 11 is 1.89. The zero-order valence-corrected chi connectivity index (χ0v) is 16.2. The fourth-order valence-corrected chi connectivity index (χ4v) is 4.52. The number of carbonyl (C=O) groups excluding carboxylic acids is 1. The van der Waals surface area contributed by atoms with E-state index in [9.17, 15) is 4.79 Å². The molecule has 2 aromatic rings. The zero-order chi connectivity index (χ0) is 18.4. The molecule has 0 bridgehead atoms. The van der Waals surface area contributed by atoms with Gasteiger partial charge in [0, 0.05) is 16.1 Å². The molecule has 1 N–H and O–H groups in total. The van der Waals surface area contributed by atoms with Gasteiger partial charge < -0.3 is 10.1 Å². The first-order valence-corrected chi connectivity index (χ1v) is 10.1. The van der Waals surface area contributed by atoms with Crippen LogP contribution in [0, 0.1) is 5.92 Å². The summed E-state index contributed by atoms with van der Waals surface area (Å²) in [7, 11) is 0. The molecule has 1 aromatic heterocycles. The Balaban J connectivity index is 1.54. The molecule has 4 nitrogen and oxygen atoms in total. The number of rotatable bonds is 6. The van der Waals surface area contributed by atoms with Gasteiger partial charge in [0.15, 0.2) is 0 Å². The van der Waals surface area contributed by atoms with Gasteiger partial charge in [-0.1, -0.05) is 24.6 Å². The Morgan fingerprint density at radius 1 is 1.19 bits per heavy atom. The molecule has 1 fully saturated rings. The van der Waals surface area contributed by atoms with Crippen LogP contribution in [0.25, 0.3) is 0 Å². The Labute approximate surface area is 159 Å². The molecule has 138 valence electrons. The number of aromatic nitrogens is 1. The molecule has 0 spiro atoms. The molecule has 1 heterocycles. The summed E-state index contributed by atoms with van der Waals surface area (Å²) in [6.45, 7) is 3.95. The lowest BCUT2D eigenvalue weighted by Crippen LogP contribution is -2.29. The maximum atomic E-state index is 12.6. The number of nitrogens with zero attached hydrogens (tertiary/aromatic N) is 1. The SMILES string of the molecule is CC(C)Oc1ccc(NC(=O)C2CCCC(Sc3ccccc3)C2)nc1. The Morgan fingerprint density at radius 2 is 2.00 bits per heavy atom. The Kier molecular flexibility index (Phi) is 6.56. The van der Waals surface area contributed by atoms with Crippen molar-refractivity contribution in [3.05, 3.63) is 48.7 Å². The van der Waals surface area contributed by atoms with Crippen molar-refractivity contribution in [3.8, 4) is 5.75 Å². The third-order valence-electron chi connectivity index (χ3n) is 4.40. The highest BCUT2D eigenvalue weighted by Crippen LogP contribution is 2.36. The molecule has 2 unspecified atom stereocenters. The Morgan fingerprint density at radius 3 is 2.69 bits per heavy atom. The third-order valence-corrected chi connectivity index (χ3v) is 5.71. The average molecular weight is 371 g/mol. The molecule has 0 radical (unpaired) electrons. The van der Waals surface area contributed by atoms with Gasteiger partial charge in [0.1, 0.15) is 11.6 Å². The molecule has 1 aliphatic rings. The van der Waals surface area contributed by atoms with Crippen molar-refractivity contribution in [2.24, 2.45) is 5.92 Å². The van der Waals surface area contributed by atoms with Gasteiger partial charge in [-0.3, -0.25) is 4.79 Å². The largest absolute Gasteiger partial charge is 0.489 e. The number of amides is 1. The average Bonchev–Trinajstić information content (AvgIpc) is 2.64. The second-order valence-corrected chi connectivity index (χ2v) is 8.33. The number of anilines is 1. The summed E-state index contributed by atoms with van der Waals surface area (Å²) in [4.78, 5) is 18.2. The van der Waals surface area contributed by atoms with Crippen LogP contribution in [0.3, 0.4) is 0 Å². The van der Waals surface area contributed by atoms with Gasteiger partial charge in [-0.15, -0.1) is 11.8 Å². The highest BCUT2D eigenvalue weighted by molar-refractivity contribution is 8.00. The van der Waals surface area contributed by atoms with E-state index >= 15 is 0 Å². The number of nitrogens with one attached hydrogen (secondary N) is 1. The van der Waals surface area contributed by atoms with Crippen LogP contribution in [0.15, 0.2) is 53.6 Å². The first-order valence-electron chi connectivity index (χ1n) is 9.25. The minimum atomic E-state index is 0.0540. The van der Waals surface area contributed by atoms with Gasteiger partial charge in [0.25, 0.3) is 0 Å². The van der Waals surface area contributed by atoms with Crippen LogP contribution < -0.4 is 10.1 Å². The van der Waals surface area contributed by atoms with E-state index in [2.05, 4.69) is 34.6 Å². The minimum absolute atomic E-state index is 0.0540. The molecule has 1 aliphatic carbocycles. The van der Waals surface area contributed by atoms with E-state index < -0.39 is 0 Å². The first kappa shape index (κ1) is 18.8. The fraction of sp³-hybridized carbons (Fsp3) is 0.429. The lowest BCUT2D eigenvalue weighted by Gasteiger charge is -2.27. The van der Waals surface area contributed by atoms with Crippen molar-refractivity contribution in [1.29, 1.82) is 0 Å². The van der Waals surface area contributed by atoms with Crippen molar-refractivity contribution >= 4 is 23.5 Å². The van der Waals surface area contributed by atoms with Crippen molar-refractivity contribution < 1.29 is 9.53 Å². The van der Waals surface area contributed by atoms with Gasteiger partial charge >= 0.3 is 0 Å². The van der Waals surface area contributed by atoms with Gasteiger partial charge in [-0.25, -0.2) is 4.98 Å². The van der Waals surface area contributed by atoms with Gasteiger partial charge in [-0.2, -0.15) is 0 Å². The van der Waals surface area contributed by atoms with Crippen LogP contribution in [-0.2, 0) is 4.79 Å². The molecule has 3 rings (SSSR count). The minimum Gasteiger partial charge on any atom is -0.489 e. The number of hydrogen-bond donors (Lipinski definition) is 1. The summed E-state index contributed by atoms with van der Waals surface area (Å²) in [5, 5.41) is 3.46. The number of benzene rings is 1. The molecule has 1 aromatic carbocycles. The number of thioether (sulfide) groups is 1. The van der Waals surface area contributed by atoms with Gasteiger partial charge in [-0.05, 0) is 57.4 Å². The number of pyridine rings is 1. The van der Waals surface area contributed by atoms with E-state index in [1.54, 1.807) is 12.3 Å². The smallest absolute Gasteiger partial charge is 0.228 e. The molecule has 0 saturated heterocycles. The van der Waals surface area contributed by atoms with Crippen molar-refractivity contribution in [2.45, 2.75) is 55.8 Å². The monoisotopic (exact) mass is 370 g/mol. The van der Waals surface area contributed by atoms with Crippen LogP contribution in [-0.4, -0.2) is 22.2 Å². The number of hydrogen-bond acceptors (Lipinski definition) is 4. The summed E-state index contributed by atoms with van der Waals surface area (Å²) in [5.74, 6) is 1.44. The predicted octanol–water partition coefficient (Wildman–Crippen LogP) is 5.16. The van der Waals surface area contributed by atoms with E-state index in [0.717, 1.165) is 25.0 Å². The molecule has 0 aliphatic heterocycles. The van der Waals surface area contributed by atoms with E-state index in [-0.39, 0.29) is 17.9 Å². The van der Waals surface area contributed by atoms with Crippen LogP contribution in [0.4, 0.5) is 5.82 Å². The van der Waals surface area contributed by atoms with Crippen LogP contribution in [0.1, 0.15) is 39.5 Å². The summed E-state index contributed by atoms with van der Waals surface area (Å²) in [5.41, 5.74) is 0. The molecule has 2 atom stereocenters. The summed E-state index contributed by atoms with van der Waals surface area (Å²) in [6.07, 6.45) is 5.90. The summed E-state index contributed by atoms with van der Waals surface area (Å²) < 4.78 is 5.58. The lowest BCUT2D eigenvalue weighted by molar-refractivity contribution is -0.120. The molecule has 5 heteroatoms. The standard InChI is InChI=1S/C21H26N2O2S/c1-15(2)25-17-11-12-20(22-14-17)23-21(24)16-7-6-10-19(13-16)26-18-8-4-3-5-9-18/h3-5,8-9,11-12,14-16,19H,6-7,10,13H2,1-2H3,(H,22,23,24). The van der Waals surface area contributed by atoms with E-state index in [4.69, 9.17) is 4.74 Å². The molecular weight excluding hydrogens is 344 g/mol. The Hall–Kier alpha value is -2.01. The maximum absolute atomic E-state index is 12.6. The quantitative estimate of drug-likeness (QED) is 0.763. The number of carbonyl (C=O) groups is 1. The van der Waals surface area contributed by atoms with Gasteiger partial charge in [0.2, 0.25) is 5.91 Å². The van der Waals surface area contributed by atoms with Crippen LogP contribution in [0.2, 0.25) is 0 Å². The predicted molar refractivity (Wildman–Crippen MR) is 107 cm³/mol. The molecular formula is C21H26N2O2S. The molecule has 1 saturated carbocycles. The second-order valence-electron chi connectivity index (χ2n) is 6.95. The second kappa shape index (κ2) is 9.08. The van der Waals surface area contributed by atoms with Gasteiger partial charge in [0.05, 0.1) is 12.3 Å². The Bertz CT molecular complexity index is 704. The normalized spacial score (nSPS) is 20.0. The van der Waals surface area contributed by atoms with E-state index in [0.29, 0.717) is 11.1 Å². The topological polar surface area (TPSA) is 51.2 Å². The van der Waals surface area contributed by atoms with E-state index in [1.165, 1.54) is 11.3 Å². The third kappa shape index (κ3) is 5.49. The van der Waals surface area contributed by atoms with Crippen LogP contribution in [0.5, 0.6) is 5.75 Å². The molecule has 1 amide bonds. The molecule has 26 heavy (non-hydrogen) atoms. The highest BCUT2D eigenvalue weighted by Gasteiger charge is 2.28. The first-order chi connectivity index (χ1) is 12.6. The van der Waals surface area contributed by atoms with Crippen molar-refractivity contribution in [1.82, 2.24) is 4.98 Å². The van der Waals surface area contributed by atoms with E-state index in [1.807, 2.05) is 37.7 Å². The lowest BCUT2D eigenvalue weighted by atomic mass is 9.88. The number of ether oxygens (including phenoxy) is 1. The van der Waals surface area contributed by atoms with Crippen LogP contribution >= 0.6 is 11.8 Å². The fourth-order valence-electron chi connectivity index (χ4n) is 3.21. The van der Waals surface area contributed by atoms with Crippen molar-refractivity contribution in [2.75, 3.05) is 5.32 Å². The summed E-state index contributed by atoms with van der Waals surface area (Å²) in [6, 6.07) is 14.1. The zero-order valence-electron chi connectivity index (χ0n) is 15.4.